The molecule has 0 fully saturated rings. The molecule has 2 unspecified atom stereocenters. The van der Waals surface area contributed by atoms with E-state index in [1.807, 2.05) is 17.5 Å². The van der Waals surface area contributed by atoms with E-state index in [2.05, 4.69) is 10.6 Å². The van der Waals surface area contributed by atoms with E-state index in [-0.39, 0.29) is 36.9 Å². The summed E-state index contributed by atoms with van der Waals surface area (Å²) in [5.74, 6) is -0.361. The maximum Gasteiger partial charge on any atom is 0.222 e. The van der Waals surface area contributed by atoms with Crippen LogP contribution in [0.5, 0.6) is 0 Å². The van der Waals surface area contributed by atoms with Crippen LogP contribution < -0.4 is 10.6 Å². The molecule has 0 saturated carbocycles. The zero-order valence-corrected chi connectivity index (χ0v) is 11.3. The standard InChI is InChI=1S/C12H18N2O3S/c1-8(7-15)13-12(17)6-10(14-9(2)16)11-4-3-5-18-11/h3-5,8,10,15H,6-7H2,1-2H3,(H,13,17)(H,14,16). The SMILES string of the molecule is CC(=O)NC(CC(=O)NC(C)CO)c1cccs1. The molecule has 1 rings (SSSR count). The van der Waals surface area contributed by atoms with E-state index in [1.54, 1.807) is 6.92 Å². The van der Waals surface area contributed by atoms with Crippen LogP contribution in [0, 0.1) is 0 Å². The molecular formula is C12H18N2O3S. The van der Waals surface area contributed by atoms with Crippen molar-refractivity contribution in [3.05, 3.63) is 22.4 Å². The first kappa shape index (κ1) is 14.7. The minimum absolute atomic E-state index is 0.102. The van der Waals surface area contributed by atoms with Crippen molar-refractivity contribution in [1.29, 1.82) is 0 Å². The van der Waals surface area contributed by atoms with Gasteiger partial charge in [0.15, 0.2) is 0 Å². The van der Waals surface area contributed by atoms with Gasteiger partial charge in [0.2, 0.25) is 11.8 Å². The molecule has 0 aliphatic heterocycles. The van der Waals surface area contributed by atoms with E-state index in [0.29, 0.717) is 0 Å². The molecule has 0 radical (unpaired) electrons. The third kappa shape index (κ3) is 4.85. The van der Waals surface area contributed by atoms with Gasteiger partial charge in [0.05, 0.1) is 19.1 Å². The van der Waals surface area contributed by atoms with E-state index >= 15 is 0 Å². The fraction of sp³-hybridized carbons (Fsp3) is 0.500. The fourth-order valence-corrected chi connectivity index (χ4v) is 2.30. The average molecular weight is 270 g/mol. The summed E-state index contributed by atoms with van der Waals surface area (Å²) in [7, 11) is 0. The average Bonchev–Trinajstić information content (AvgIpc) is 2.80. The van der Waals surface area contributed by atoms with Gasteiger partial charge in [-0.25, -0.2) is 0 Å². The van der Waals surface area contributed by atoms with Gasteiger partial charge in [-0.2, -0.15) is 0 Å². The van der Waals surface area contributed by atoms with Gasteiger partial charge in [0, 0.05) is 17.8 Å². The van der Waals surface area contributed by atoms with E-state index in [1.165, 1.54) is 18.3 Å². The molecule has 1 aromatic rings. The lowest BCUT2D eigenvalue weighted by Crippen LogP contribution is -2.38. The molecule has 0 aromatic carbocycles. The summed E-state index contributed by atoms with van der Waals surface area (Å²) in [4.78, 5) is 23.8. The van der Waals surface area contributed by atoms with Crippen LogP contribution in [0.3, 0.4) is 0 Å². The Hall–Kier alpha value is -1.40. The van der Waals surface area contributed by atoms with Gasteiger partial charge in [-0.1, -0.05) is 6.07 Å². The van der Waals surface area contributed by atoms with Gasteiger partial charge in [-0.3, -0.25) is 9.59 Å². The van der Waals surface area contributed by atoms with E-state index in [9.17, 15) is 9.59 Å². The molecule has 0 bridgehead atoms. The summed E-state index contributed by atoms with van der Waals surface area (Å²) in [6.45, 7) is 3.04. The van der Waals surface area contributed by atoms with Gasteiger partial charge in [-0.05, 0) is 18.4 Å². The first-order chi connectivity index (χ1) is 8.52. The second-order valence-corrected chi connectivity index (χ2v) is 5.10. The molecule has 2 amide bonds. The van der Waals surface area contributed by atoms with Gasteiger partial charge in [0.25, 0.3) is 0 Å². The quantitative estimate of drug-likeness (QED) is 0.716. The van der Waals surface area contributed by atoms with Crippen LogP contribution in [0.2, 0.25) is 0 Å². The summed E-state index contributed by atoms with van der Waals surface area (Å²) in [6, 6.07) is 3.17. The number of hydrogen-bond acceptors (Lipinski definition) is 4. The topological polar surface area (TPSA) is 78.4 Å². The predicted molar refractivity (Wildman–Crippen MR) is 70.2 cm³/mol. The minimum atomic E-state index is -0.312. The van der Waals surface area contributed by atoms with Gasteiger partial charge < -0.3 is 15.7 Å². The summed E-state index contributed by atoms with van der Waals surface area (Å²) < 4.78 is 0. The molecular weight excluding hydrogens is 252 g/mol. The highest BCUT2D eigenvalue weighted by Gasteiger charge is 2.18. The minimum Gasteiger partial charge on any atom is -0.394 e. The van der Waals surface area contributed by atoms with Crippen LogP contribution in [0.25, 0.3) is 0 Å². The number of carbonyl (C=O) groups excluding carboxylic acids is 2. The highest BCUT2D eigenvalue weighted by atomic mass is 32.1. The largest absolute Gasteiger partial charge is 0.394 e. The number of rotatable bonds is 6. The highest BCUT2D eigenvalue weighted by molar-refractivity contribution is 7.10. The fourth-order valence-electron chi connectivity index (χ4n) is 1.52. The zero-order chi connectivity index (χ0) is 13.5. The van der Waals surface area contributed by atoms with Gasteiger partial charge in [0.1, 0.15) is 0 Å². The number of aliphatic hydroxyl groups excluding tert-OH is 1. The van der Waals surface area contributed by atoms with Crippen molar-refractivity contribution < 1.29 is 14.7 Å². The van der Waals surface area contributed by atoms with Crippen molar-refractivity contribution >= 4 is 23.2 Å². The summed E-state index contributed by atoms with van der Waals surface area (Å²) in [6.07, 6.45) is 0.171. The number of amides is 2. The third-order valence-corrected chi connectivity index (χ3v) is 3.32. The van der Waals surface area contributed by atoms with Crippen molar-refractivity contribution in [3.63, 3.8) is 0 Å². The van der Waals surface area contributed by atoms with Gasteiger partial charge in [-0.15, -0.1) is 11.3 Å². The Morgan fingerprint density at radius 1 is 1.44 bits per heavy atom. The van der Waals surface area contributed by atoms with Crippen LogP contribution in [0.4, 0.5) is 0 Å². The number of hydrogen-bond donors (Lipinski definition) is 3. The Labute approximate surface area is 110 Å². The second-order valence-electron chi connectivity index (χ2n) is 4.12. The van der Waals surface area contributed by atoms with E-state index in [0.717, 1.165) is 4.88 Å². The molecule has 0 spiro atoms. The lowest BCUT2D eigenvalue weighted by molar-refractivity contribution is -0.123. The monoisotopic (exact) mass is 270 g/mol. The molecule has 3 N–H and O–H groups in total. The Morgan fingerprint density at radius 3 is 2.67 bits per heavy atom. The number of thiophene rings is 1. The smallest absolute Gasteiger partial charge is 0.222 e. The van der Waals surface area contributed by atoms with Crippen LogP contribution >= 0.6 is 11.3 Å². The van der Waals surface area contributed by atoms with Crippen LogP contribution in [0.1, 0.15) is 31.2 Å². The van der Waals surface area contributed by atoms with Crippen LogP contribution in [-0.4, -0.2) is 29.6 Å². The first-order valence-electron chi connectivity index (χ1n) is 5.73. The lowest BCUT2D eigenvalue weighted by atomic mass is 10.1. The van der Waals surface area contributed by atoms with Crippen molar-refractivity contribution in [3.8, 4) is 0 Å². The Kier molecular flexibility index (Phi) is 5.80. The first-order valence-corrected chi connectivity index (χ1v) is 6.61. The number of nitrogens with one attached hydrogen (secondary N) is 2. The Morgan fingerprint density at radius 2 is 2.17 bits per heavy atom. The second kappa shape index (κ2) is 7.13. The van der Waals surface area contributed by atoms with Crippen LogP contribution in [0.15, 0.2) is 17.5 Å². The van der Waals surface area contributed by atoms with Crippen molar-refractivity contribution in [2.75, 3.05) is 6.61 Å². The molecule has 6 heteroatoms. The molecule has 0 saturated heterocycles. The van der Waals surface area contributed by atoms with Crippen molar-refractivity contribution in [1.82, 2.24) is 10.6 Å². The highest BCUT2D eigenvalue weighted by Crippen LogP contribution is 2.21. The van der Waals surface area contributed by atoms with Crippen LogP contribution in [-0.2, 0) is 9.59 Å². The molecule has 0 aliphatic carbocycles. The maximum absolute atomic E-state index is 11.7. The number of carbonyl (C=O) groups is 2. The number of aliphatic hydroxyl groups is 1. The summed E-state index contributed by atoms with van der Waals surface area (Å²) in [5.41, 5.74) is 0. The van der Waals surface area contributed by atoms with Crippen molar-refractivity contribution in [2.45, 2.75) is 32.4 Å². The summed E-state index contributed by atoms with van der Waals surface area (Å²) in [5, 5.41) is 16.2. The molecule has 18 heavy (non-hydrogen) atoms. The third-order valence-electron chi connectivity index (χ3n) is 2.33. The molecule has 0 aliphatic rings. The van der Waals surface area contributed by atoms with Crippen molar-refractivity contribution in [2.24, 2.45) is 0 Å². The predicted octanol–water partition coefficient (Wildman–Crippen LogP) is 0.812. The van der Waals surface area contributed by atoms with E-state index in [4.69, 9.17) is 5.11 Å². The Bertz CT molecular complexity index is 392. The zero-order valence-electron chi connectivity index (χ0n) is 10.5. The molecule has 5 nitrogen and oxygen atoms in total. The maximum atomic E-state index is 11.7. The van der Waals surface area contributed by atoms with E-state index < -0.39 is 0 Å². The van der Waals surface area contributed by atoms with Gasteiger partial charge >= 0.3 is 0 Å². The summed E-state index contributed by atoms with van der Waals surface area (Å²) >= 11 is 1.50. The molecule has 1 heterocycles. The molecule has 100 valence electrons. The molecule has 1 aromatic heterocycles. The normalized spacial score (nSPS) is 13.7. The Balaban J connectivity index is 2.62. The molecule has 2 atom stereocenters. The lowest BCUT2D eigenvalue weighted by Gasteiger charge is -2.17.